The van der Waals surface area contributed by atoms with E-state index in [1.54, 1.807) is 4.90 Å². The number of rotatable bonds is 2. The summed E-state index contributed by atoms with van der Waals surface area (Å²) >= 11 is 0. The summed E-state index contributed by atoms with van der Waals surface area (Å²) < 4.78 is 0. The van der Waals surface area contributed by atoms with Crippen LogP contribution in [0, 0.1) is 16.0 Å². The largest absolute Gasteiger partial charge is 0.502 e. The number of nitro benzene ring substituents is 1. The summed E-state index contributed by atoms with van der Waals surface area (Å²) in [7, 11) is 0. The van der Waals surface area contributed by atoms with E-state index in [9.17, 15) is 20.0 Å². The van der Waals surface area contributed by atoms with Crippen LogP contribution in [0.2, 0.25) is 0 Å². The van der Waals surface area contributed by atoms with Crippen LogP contribution in [0.5, 0.6) is 5.75 Å². The molecule has 1 N–H and O–H groups in total. The fourth-order valence-corrected chi connectivity index (χ4v) is 2.59. The van der Waals surface area contributed by atoms with E-state index in [1.807, 2.05) is 6.92 Å². The zero-order chi connectivity index (χ0) is 14.2. The zero-order valence-electron chi connectivity index (χ0n) is 10.9. The third-order valence-electron chi connectivity index (χ3n) is 3.49. The predicted molar refractivity (Wildman–Crippen MR) is 69.0 cm³/mol. The number of aromatic hydroxyl groups is 1. The lowest BCUT2D eigenvalue weighted by atomic mass is 10.1. The normalized spacial score (nSPS) is 22.5. The molecule has 2 atom stereocenters. The number of benzene rings is 1. The second-order valence-corrected chi connectivity index (χ2v) is 5.08. The van der Waals surface area contributed by atoms with Gasteiger partial charge < -0.3 is 10.0 Å². The van der Waals surface area contributed by atoms with Crippen LogP contribution in [0.25, 0.3) is 0 Å². The Balaban J connectivity index is 2.35. The van der Waals surface area contributed by atoms with E-state index < -0.39 is 16.4 Å². The molecule has 1 aliphatic rings. The molecule has 0 radical (unpaired) electrons. The highest BCUT2D eigenvalue weighted by Crippen LogP contribution is 2.32. The van der Waals surface area contributed by atoms with Crippen molar-refractivity contribution in [2.75, 3.05) is 6.54 Å². The average Bonchev–Trinajstić information content (AvgIpc) is 2.67. The van der Waals surface area contributed by atoms with Crippen molar-refractivity contribution in [2.45, 2.75) is 26.3 Å². The summed E-state index contributed by atoms with van der Waals surface area (Å²) in [4.78, 5) is 24.1. The Bertz CT molecular complexity index is 529. The maximum atomic E-state index is 12.3. The molecule has 6 nitrogen and oxygen atoms in total. The third-order valence-corrected chi connectivity index (χ3v) is 3.49. The van der Waals surface area contributed by atoms with Gasteiger partial charge in [0, 0.05) is 18.7 Å². The molecular weight excluding hydrogens is 248 g/mol. The lowest BCUT2D eigenvalue weighted by Gasteiger charge is -2.21. The van der Waals surface area contributed by atoms with E-state index in [0.717, 1.165) is 6.42 Å². The van der Waals surface area contributed by atoms with Gasteiger partial charge in [0.1, 0.15) is 0 Å². The van der Waals surface area contributed by atoms with Gasteiger partial charge in [-0.15, -0.1) is 0 Å². The number of carbonyl (C=O) groups is 1. The first-order chi connectivity index (χ1) is 8.91. The number of hydrogen-bond acceptors (Lipinski definition) is 4. The van der Waals surface area contributed by atoms with Crippen molar-refractivity contribution in [2.24, 2.45) is 5.92 Å². The molecule has 1 aromatic carbocycles. The number of para-hydroxylation sites is 1. The second kappa shape index (κ2) is 4.87. The van der Waals surface area contributed by atoms with E-state index in [2.05, 4.69) is 6.92 Å². The minimum Gasteiger partial charge on any atom is -0.502 e. The van der Waals surface area contributed by atoms with Gasteiger partial charge in [-0.2, -0.15) is 0 Å². The molecule has 0 spiro atoms. The number of likely N-dealkylation sites (tertiary alicyclic amines) is 1. The highest BCUT2D eigenvalue weighted by molar-refractivity contribution is 5.98. The summed E-state index contributed by atoms with van der Waals surface area (Å²) in [5, 5.41) is 20.6. The highest BCUT2D eigenvalue weighted by Gasteiger charge is 2.33. The summed E-state index contributed by atoms with van der Waals surface area (Å²) in [6.45, 7) is 4.61. The van der Waals surface area contributed by atoms with Crippen LogP contribution in [0.15, 0.2) is 18.2 Å². The molecular formula is C13H16N2O4. The summed E-state index contributed by atoms with van der Waals surface area (Å²) in [6, 6.07) is 4.10. The van der Waals surface area contributed by atoms with Crippen molar-refractivity contribution in [1.29, 1.82) is 0 Å². The van der Waals surface area contributed by atoms with Gasteiger partial charge in [0.2, 0.25) is 5.75 Å². The molecule has 2 rings (SSSR count). The van der Waals surface area contributed by atoms with Crippen LogP contribution >= 0.6 is 0 Å². The Morgan fingerprint density at radius 2 is 2.16 bits per heavy atom. The zero-order valence-corrected chi connectivity index (χ0v) is 10.9. The fourth-order valence-electron chi connectivity index (χ4n) is 2.59. The Labute approximate surface area is 110 Å². The van der Waals surface area contributed by atoms with E-state index in [0.29, 0.717) is 12.5 Å². The topological polar surface area (TPSA) is 83.7 Å². The van der Waals surface area contributed by atoms with Crippen molar-refractivity contribution >= 4 is 11.6 Å². The molecule has 1 amide bonds. The number of nitro groups is 1. The molecule has 1 aliphatic heterocycles. The molecule has 0 saturated carbocycles. The van der Waals surface area contributed by atoms with Crippen LogP contribution in [0.1, 0.15) is 30.6 Å². The number of nitrogens with zero attached hydrogens (tertiary/aromatic N) is 2. The van der Waals surface area contributed by atoms with E-state index in [-0.39, 0.29) is 17.5 Å². The van der Waals surface area contributed by atoms with Crippen molar-refractivity contribution in [3.05, 3.63) is 33.9 Å². The van der Waals surface area contributed by atoms with Gasteiger partial charge in [-0.1, -0.05) is 13.0 Å². The lowest BCUT2D eigenvalue weighted by molar-refractivity contribution is -0.385. The monoisotopic (exact) mass is 264 g/mol. The van der Waals surface area contributed by atoms with E-state index in [4.69, 9.17) is 0 Å². The highest BCUT2D eigenvalue weighted by atomic mass is 16.6. The van der Waals surface area contributed by atoms with Crippen molar-refractivity contribution < 1.29 is 14.8 Å². The van der Waals surface area contributed by atoms with Crippen molar-refractivity contribution in [3.8, 4) is 5.75 Å². The molecule has 19 heavy (non-hydrogen) atoms. The van der Waals surface area contributed by atoms with Crippen LogP contribution < -0.4 is 0 Å². The van der Waals surface area contributed by atoms with Gasteiger partial charge in [0.25, 0.3) is 5.91 Å². The van der Waals surface area contributed by atoms with Crippen LogP contribution in [-0.2, 0) is 0 Å². The van der Waals surface area contributed by atoms with Gasteiger partial charge >= 0.3 is 5.69 Å². The summed E-state index contributed by atoms with van der Waals surface area (Å²) in [5.74, 6) is -0.498. The Hall–Kier alpha value is -2.11. The van der Waals surface area contributed by atoms with Gasteiger partial charge in [-0.05, 0) is 25.3 Å². The van der Waals surface area contributed by atoms with Crippen molar-refractivity contribution in [3.63, 3.8) is 0 Å². The molecule has 0 aromatic heterocycles. The van der Waals surface area contributed by atoms with E-state index in [1.165, 1.54) is 18.2 Å². The first kappa shape index (κ1) is 13.3. The first-order valence-corrected chi connectivity index (χ1v) is 6.19. The average molecular weight is 264 g/mol. The maximum Gasteiger partial charge on any atom is 0.311 e. The number of carbonyl (C=O) groups excluding carboxylic acids is 1. The van der Waals surface area contributed by atoms with Crippen molar-refractivity contribution in [1.82, 2.24) is 4.90 Å². The van der Waals surface area contributed by atoms with Gasteiger partial charge in [-0.3, -0.25) is 14.9 Å². The minimum absolute atomic E-state index is 0.00449. The molecule has 1 aromatic rings. The molecule has 6 heteroatoms. The standard InChI is InChI=1S/C13H16N2O4/c1-8-6-9(2)14(7-8)13(17)10-4-3-5-11(12(10)16)15(18)19/h3-5,8-9,16H,6-7H2,1-2H3. The quantitative estimate of drug-likeness (QED) is 0.655. The smallest absolute Gasteiger partial charge is 0.311 e. The van der Waals surface area contributed by atoms with Gasteiger partial charge in [0.15, 0.2) is 0 Å². The van der Waals surface area contributed by atoms with Crippen LogP contribution in [0.4, 0.5) is 5.69 Å². The lowest BCUT2D eigenvalue weighted by Crippen LogP contribution is -2.34. The number of amides is 1. The molecule has 1 saturated heterocycles. The second-order valence-electron chi connectivity index (χ2n) is 5.08. The predicted octanol–water partition coefficient (Wildman–Crippen LogP) is 2.17. The van der Waals surface area contributed by atoms with Gasteiger partial charge in [0.05, 0.1) is 10.5 Å². The number of phenolic OH excluding ortho intramolecular Hbond substituents is 1. The molecule has 1 fully saturated rings. The maximum absolute atomic E-state index is 12.3. The Kier molecular flexibility index (Phi) is 3.42. The molecule has 0 bridgehead atoms. The van der Waals surface area contributed by atoms with Crippen LogP contribution in [0.3, 0.4) is 0 Å². The molecule has 1 heterocycles. The number of phenols is 1. The third kappa shape index (κ3) is 2.38. The minimum atomic E-state index is -0.692. The Morgan fingerprint density at radius 1 is 1.47 bits per heavy atom. The number of hydrogen-bond donors (Lipinski definition) is 1. The first-order valence-electron chi connectivity index (χ1n) is 6.19. The molecule has 0 aliphatic carbocycles. The SMILES string of the molecule is CC1CC(C)N(C(=O)c2cccc([N+](=O)[O-])c2O)C1. The Morgan fingerprint density at radius 3 is 2.68 bits per heavy atom. The molecule has 2 unspecified atom stereocenters. The van der Waals surface area contributed by atoms with Gasteiger partial charge in [-0.25, -0.2) is 0 Å². The summed E-state index contributed by atoms with van der Waals surface area (Å²) in [6.07, 6.45) is 0.904. The van der Waals surface area contributed by atoms with E-state index >= 15 is 0 Å². The summed E-state index contributed by atoms with van der Waals surface area (Å²) in [5.41, 5.74) is -0.444. The fraction of sp³-hybridized carbons (Fsp3) is 0.462. The van der Waals surface area contributed by atoms with Crippen LogP contribution in [-0.4, -0.2) is 33.4 Å². The molecule has 102 valence electrons.